The molecule has 1 heterocycles. The molecule has 1 unspecified atom stereocenters. The Morgan fingerprint density at radius 2 is 1.62 bits per heavy atom. The van der Waals surface area contributed by atoms with E-state index >= 15 is 0 Å². The summed E-state index contributed by atoms with van der Waals surface area (Å²) in [6.45, 7) is 3.81. The number of alkyl halides is 3. The zero-order valence-electron chi connectivity index (χ0n) is 20.2. The molecule has 0 saturated carbocycles. The van der Waals surface area contributed by atoms with Crippen molar-refractivity contribution in [2.75, 3.05) is 19.7 Å². The Kier molecular flexibility index (Phi) is 7.99. The van der Waals surface area contributed by atoms with Gasteiger partial charge in [0.2, 0.25) is 0 Å². The molecule has 0 bridgehead atoms. The van der Waals surface area contributed by atoms with Crippen LogP contribution >= 0.6 is 0 Å². The number of hydrogen-bond acceptors (Lipinski definition) is 5. The lowest BCUT2D eigenvalue weighted by molar-refractivity contribution is -0.274. The highest BCUT2D eigenvalue weighted by atomic mass is 19.4. The number of carbonyl (C=O) groups is 1. The van der Waals surface area contributed by atoms with Gasteiger partial charge in [-0.2, -0.15) is 5.26 Å². The number of nitrogens with one attached hydrogen (secondary N) is 1. The van der Waals surface area contributed by atoms with Gasteiger partial charge in [0.15, 0.2) is 0 Å². The maximum Gasteiger partial charge on any atom is 0.573 e. The molecule has 6 nitrogen and oxygen atoms in total. The van der Waals surface area contributed by atoms with Crippen LogP contribution in [0, 0.1) is 11.3 Å². The Hall–Kier alpha value is -4.03. The second-order valence-electron chi connectivity index (χ2n) is 8.66. The van der Waals surface area contributed by atoms with E-state index in [2.05, 4.69) is 21.0 Å². The maximum absolute atomic E-state index is 12.7. The Labute approximate surface area is 213 Å². The summed E-state index contributed by atoms with van der Waals surface area (Å²) in [7, 11) is 0. The number of nitrogens with zero attached hydrogens (tertiary/aromatic N) is 2. The van der Waals surface area contributed by atoms with Crippen LogP contribution in [0.25, 0.3) is 0 Å². The van der Waals surface area contributed by atoms with Gasteiger partial charge in [-0.05, 0) is 73.0 Å². The summed E-state index contributed by atoms with van der Waals surface area (Å²) in [5.74, 6) is 0.0427. The molecule has 2 atom stereocenters. The average Bonchev–Trinajstić information content (AvgIpc) is 3.33. The number of hydrogen-bond donors (Lipinski definition) is 1. The lowest BCUT2D eigenvalue weighted by Gasteiger charge is -2.29. The number of likely N-dealkylation sites (tertiary alicyclic amines) is 1. The van der Waals surface area contributed by atoms with Crippen LogP contribution in [0.5, 0.6) is 11.5 Å². The van der Waals surface area contributed by atoms with E-state index in [9.17, 15) is 23.2 Å². The smallest absolute Gasteiger partial charge is 0.494 e. The van der Waals surface area contributed by atoms with Gasteiger partial charge >= 0.3 is 6.36 Å². The number of halogens is 3. The molecule has 3 aromatic carbocycles. The largest absolute Gasteiger partial charge is 0.573 e. The van der Waals surface area contributed by atoms with Gasteiger partial charge in [-0.1, -0.05) is 24.3 Å². The fraction of sp³-hybridized carbons (Fsp3) is 0.286. The zero-order valence-corrected chi connectivity index (χ0v) is 20.2. The van der Waals surface area contributed by atoms with Gasteiger partial charge in [0.25, 0.3) is 5.91 Å². The van der Waals surface area contributed by atoms with Crippen molar-refractivity contribution in [3.05, 3.63) is 95.1 Å². The molecule has 1 saturated heterocycles. The molecule has 1 N–H and O–H groups in total. The summed E-state index contributed by atoms with van der Waals surface area (Å²) >= 11 is 0. The normalized spacial score (nSPS) is 16.6. The number of nitriles is 1. The molecule has 3 aromatic rings. The SMILES string of the molecule is CCOc1ccc(C(c2ccc(C#N)cc2)N2CC[C@@H](NC(=O)c3ccc(OC(F)(F)F)cc3)C2)cc1. The summed E-state index contributed by atoms with van der Waals surface area (Å²) in [5.41, 5.74) is 2.91. The fourth-order valence-corrected chi connectivity index (χ4v) is 4.48. The van der Waals surface area contributed by atoms with E-state index in [-0.39, 0.29) is 29.3 Å². The van der Waals surface area contributed by atoms with Crippen molar-refractivity contribution in [1.29, 1.82) is 5.26 Å². The molecular formula is C28H26F3N3O3. The van der Waals surface area contributed by atoms with Crippen molar-refractivity contribution >= 4 is 5.91 Å². The predicted molar refractivity (Wildman–Crippen MR) is 131 cm³/mol. The number of ether oxygens (including phenoxy) is 2. The second-order valence-corrected chi connectivity index (χ2v) is 8.66. The van der Waals surface area contributed by atoms with Crippen LogP contribution in [0.15, 0.2) is 72.8 Å². The quantitative estimate of drug-likeness (QED) is 0.437. The van der Waals surface area contributed by atoms with E-state index in [1.807, 2.05) is 43.3 Å². The van der Waals surface area contributed by atoms with Gasteiger partial charge in [-0.25, -0.2) is 0 Å². The Morgan fingerprint density at radius 1 is 1.03 bits per heavy atom. The second kappa shape index (κ2) is 11.4. The molecule has 0 radical (unpaired) electrons. The van der Waals surface area contributed by atoms with Crippen molar-refractivity contribution < 1.29 is 27.4 Å². The van der Waals surface area contributed by atoms with Crippen LogP contribution in [-0.4, -0.2) is 42.9 Å². The van der Waals surface area contributed by atoms with Gasteiger partial charge in [0, 0.05) is 24.7 Å². The topological polar surface area (TPSA) is 74.6 Å². The number of benzene rings is 3. The van der Waals surface area contributed by atoms with Crippen LogP contribution in [0.3, 0.4) is 0 Å². The number of rotatable bonds is 8. The molecule has 37 heavy (non-hydrogen) atoms. The van der Waals surface area contributed by atoms with Gasteiger partial charge in [0.1, 0.15) is 11.5 Å². The first kappa shape index (κ1) is 26.0. The van der Waals surface area contributed by atoms with E-state index in [0.717, 1.165) is 35.6 Å². The molecule has 192 valence electrons. The minimum absolute atomic E-state index is 0.0934. The molecule has 0 spiro atoms. The minimum atomic E-state index is -4.79. The van der Waals surface area contributed by atoms with Gasteiger partial charge < -0.3 is 14.8 Å². The maximum atomic E-state index is 12.7. The standard InChI is InChI=1S/C28H26F3N3O3/c1-2-36-24-11-7-21(8-12-24)26(20-5-3-19(17-32)4-6-20)34-16-15-23(18-34)33-27(35)22-9-13-25(14-10-22)37-28(29,30)31/h3-14,23,26H,2,15-16,18H2,1H3,(H,33,35)/t23-,26?/m1/s1. The van der Waals surface area contributed by atoms with E-state index in [4.69, 9.17) is 4.74 Å². The van der Waals surface area contributed by atoms with E-state index in [1.54, 1.807) is 12.1 Å². The van der Waals surface area contributed by atoms with E-state index in [0.29, 0.717) is 25.1 Å². The third-order valence-electron chi connectivity index (χ3n) is 6.13. The fourth-order valence-electron chi connectivity index (χ4n) is 4.48. The lowest BCUT2D eigenvalue weighted by Crippen LogP contribution is -2.38. The molecule has 1 aliphatic heterocycles. The Balaban J connectivity index is 1.47. The first-order chi connectivity index (χ1) is 17.8. The van der Waals surface area contributed by atoms with Crippen LogP contribution in [0.1, 0.15) is 46.4 Å². The van der Waals surface area contributed by atoms with E-state index < -0.39 is 6.36 Å². The highest BCUT2D eigenvalue weighted by Gasteiger charge is 2.32. The predicted octanol–water partition coefficient (Wildman–Crippen LogP) is 5.45. The van der Waals surface area contributed by atoms with Crippen LogP contribution in [0.2, 0.25) is 0 Å². The first-order valence-electron chi connectivity index (χ1n) is 11.9. The zero-order chi connectivity index (χ0) is 26.4. The summed E-state index contributed by atoms with van der Waals surface area (Å²) in [6.07, 6.45) is -4.07. The Bertz CT molecular complexity index is 1240. The van der Waals surface area contributed by atoms with Gasteiger partial charge in [-0.3, -0.25) is 9.69 Å². The molecule has 4 rings (SSSR count). The molecule has 1 aliphatic rings. The van der Waals surface area contributed by atoms with Crippen molar-refractivity contribution in [1.82, 2.24) is 10.2 Å². The summed E-state index contributed by atoms with van der Waals surface area (Å²) < 4.78 is 46.6. The molecule has 0 aliphatic carbocycles. The summed E-state index contributed by atoms with van der Waals surface area (Å²) in [4.78, 5) is 15.0. The van der Waals surface area contributed by atoms with Crippen LogP contribution < -0.4 is 14.8 Å². The lowest BCUT2D eigenvalue weighted by atomic mass is 9.96. The van der Waals surface area contributed by atoms with Crippen molar-refractivity contribution in [2.24, 2.45) is 0 Å². The average molecular weight is 510 g/mol. The third-order valence-corrected chi connectivity index (χ3v) is 6.13. The molecule has 1 amide bonds. The summed E-state index contributed by atoms with van der Waals surface area (Å²) in [6, 6.07) is 22.1. The summed E-state index contributed by atoms with van der Waals surface area (Å²) in [5, 5.41) is 12.2. The molecule has 0 aromatic heterocycles. The molecule has 1 fully saturated rings. The van der Waals surface area contributed by atoms with Gasteiger partial charge in [0.05, 0.1) is 24.3 Å². The highest BCUT2D eigenvalue weighted by molar-refractivity contribution is 5.94. The van der Waals surface area contributed by atoms with Crippen molar-refractivity contribution in [3.63, 3.8) is 0 Å². The van der Waals surface area contributed by atoms with Crippen LogP contribution in [-0.2, 0) is 0 Å². The molecular weight excluding hydrogens is 483 g/mol. The van der Waals surface area contributed by atoms with Gasteiger partial charge in [-0.15, -0.1) is 13.2 Å². The first-order valence-corrected chi connectivity index (χ1v) is 11.9. The Morgan fingerprint density at radius 3 is 2.19 bits per heavy atom. The van der Waals surface area contributed by atoms with Crippen molar-refractivity contribution in [2.45, 2.75) is 31.8 Å². The monoisotopic (exact) mass is 509 g/mol. The number of amides is 1. The highest BCUT2D eigenvalue weighted by Crippen LogP contribution is 2.33. The third kappa shape index (κ3) is 6.80. The molecule has 9 heteroatoms. The minimum Gasteiger partial charge on any atom is -0.494 e. The van der Waals surface area contributed by atoms with Crippen LogP contribution in [0.4, 0.5) is 13.2 Å². The van der Waals surface area contributed by atoms with Crippen molar-refractivity contribution in [3.8, 4) is 17.6 Å². The number of carbonyl (C=O) groups excluding carboxylic acids is 1. The van der Waals surface area contributed by atoms with E-state index in [1.165, 1.54) is 12.1 Å².